The van der Waals surface area contributed by atoms with Gasteiger partial charge >= 0.3 is 0 Å². The average Bonchev–Trinajstić information content (AvgIpc) is 3.24. The molecule has 0 atom stereocenters. The molecule has 66 heavy (non-hydrogen) atoms. The van der Waals surface area contributed by atoms with Gasteiger partial charge in [0, 0.05) is 0 Å². The molecule has 0 aliphatic heterocycles. The van der Waals surface area contributed by atoms with Crippen LogP contribution in [0.5, 0.6) is 0 Å². The molecule has 0 aromatic heterocycles. The van der Waals surface area contributed by atoms with Crippen LogP contribution in [0.25, 0.3) is 66.8 Å². The van der Waals surface area contributed by atoms with Crippen LogP contribution in [-0.2, 0) is 60.7 Å². The standard InChI is InChI=1S/C42H30O18S6/c43-61(44,45)31-13-1-25(2-14-31)37-38(26-3-15-32(16-4-26)62(46,47)48)40(28-7-19-34(20-8-28)64(52,53)54)42(30-11-23-36(24-12-30)66(58,59)60)41(29-9-21-35(22-10-29)65(55,56)57)39(37)27-5-17-33(18-6-27)63(49,50)51/h1-24H,(H,43,44,45)(H,46,47,48)(H,49,50,51)(H,52,53,54)(H,55,56,57)(H,58,59,60). The maximum absolute atomic E-state index is 12.3. The fourth-order valence-corrected chi connectivity index (χ4v) is 10.1. The van der Waals surface area contributed by atoms with Crippen molar-refractivity contribution in [1.82, 2.24) is 0 Å². The molecule has 0 spiro atoms. The number of hydrogen-bond donors (Lipinski definition) is 6. The third-order valence-electron chi connectivity index (χ3n) is 10.1. The quantitative estimate of drug-likeness (QED) is 0.0661. The van der Waals surface area contributed by atoms with Crippen LogP contribution in [0.3, 0.4) is 0 Å². The molecule has 0 amide bonds. The molecule has 0 aliphatic rings. The summed E-state index contributed by atoms with van der Waals surface area (Å²) in [6.07, 6.45) is 0. The van der Waals surface area contributed by atoms with Gasteiger partial charge < -0.3 is 0 Å². The lowest BCUT2D eigenvalue weighted by Gasteiger charge is -2.29. The summed E-state index contributed by atoms with van der Waals surface area (Å²) in [6, 6.07) is 27.6. The normalized spacial score (nSPS) is 12.8. The molecule has 7 rings (SSSR count). The van der Waals surface area contributed by atoms with E-state index in [0.717, 1.165) is 72.8 Å². The van der Waals surface area contributed by atoms with Crippen LogP contribution >= 0.6 is 0 Å². The van der Waals surface area contributed by atoms with Crippen molar-refractivity contribution in [3.63, 3.8) is 0 Å². The number of hydrogen-bond acceptors (Lipinski definition) is 12. The Morgan fingerprint density at radius 2 is 0.273 bits per heavy atom. The Balaban J connectivity index is 1.84. The molecule has 0 fully saturated rings. The van der Waals surface area contributed by atoms with Gasteiger partial charge in [-0.15, -0.1) is 0 Å². The molecule has 0 saturated heterocycles. The smallest absolute Gasteiger partial charge is 0.282 e. The predicted octanol–water partition coefficient (Wildman–Crippen LogP) is 7.17. The predicted molar refractivity (Wildman–Crippen MR) is 238 cm³/mol. The summed E-state index contributed by atoms with van der Waals surface area (Å²) >= 11 is 0. The van der Waals surface area contributed by atoms with Crippen molar-refractivity contribution in [2.24, 2.45) is 0 Å². The number of benzene rings is 7. The van der Waals surface area contributed by atoms with E-state index in [2.05, 4.69) is 0 Å². The van der Waals surface area contributed by atoms with Crippen molar-refractivity contribution >= 4 is 60.7 Å². The molecule has 0 radical (unpaired) electrons. The second kappa shape index (κ2) is 17.0. The van der Waals surface area contributed by atoms with E-state index >= 15 is 0 Å². The third kappa shape index (κ3) is 9.90. The summed E-state index contributed by atoms with van der Waals surface area (Å²) < 4.78 is 207. The molecular formula is C42H30O18S6. The third-order valence-corrected chi connectivity index (χ3v) is 15.4. The van der Waals surface area contributed by atoms with Crippen LogP contribution < -0.4 is 0 Å². The molecule has 18 nitrogen and oxygen atoms in total. The van der Waals surface area contributed by atoms with Gasteiger partial charge in [0.15, 0.2) is 0 Å². The maximum atomic E-state index is 12.3. The second-order valence-corrected chi connectivity index (χ2v) is 22.8. The van der Waals surface area contributed by atoms with Gasteiger partial charge in [0.1, 0.15) is 0 Å². The Kier molecular flexibility index (Phi) is 12.4. The van der Waals surface area contributed by atoms with Crippen molar-refractivity contribution in [3.8, 4) is 66.8 Å². The highest BCUT2D eigenvalue weighted by Crippen LogP contribution is 2.56. The molecule has 0 bridgehead atoms. The molecule has 0 aliphatic carbocycles. The Hall–Kier alpha value is -6.00. The van der Waals surface area contributed by atoms with Gasteiger partial charge in [-0.25, -0.2) is 0 Å². The van der Waals surface area contributed by atoms with E-state index in [1.165, 1.54) is 72.8 Å². The largest absolute Gasteiger partial charge is 0.294 e. The van der Waals surface area contributed by atoms with Crippen LogP contribution in [0.1, 0.15) is 0 Å². The molecule has 342 valence electrons. The molecule has 7 aromatic rings. The van der Waals surface area contributed by atoms with Crippen molar-refractivity contribution in [1.29, 1.82) is 0 Å². The van der Waals surface area contributed by atoms with E-state index in [4.69, 9.17) is 0 Å². The monoisotopic (exact) mass is 1010 g/mol. The van der Waals surface area contributed by atoms with Crippen LogP contribution in [0, 0.1) is 0 Å². The Morgan fingerprint density at radius 3 is 0.348 bits per heavy atom. The topological polar surface area (TPSA) is 326 Å². The van der Waals surface area contributed by atoms with E-state index in [1.807, 2.05) is 0 Å². The van der Waals surface area contributed by atoms with E-state index in [0.29, 0.717) is 0 Å². The Labute approximate surface area is 378 Å². The molecule has 0 saturated carbocycles. The minimum atomic E-state index is -4.82. The fourth-order valence-electron chi connectivity index (χ4n) is 7.24. The lowest BCUT2D eigenvalue weighted by Crippen LogP contribution is -2.05. The highest BCUT2D eigenvalue weighted by molar-refractivity contribution is 7.87. The first-order chi connectivity index (χ1) is 30.5. The van der Waals surface area contributed by atoms with E-state index in [-0.39, 0.29) is 66.8 Å². The summed E-state index contributed by atoms with van der Waals surface area (Å²) in [7, 11) is -28.9. The Morgan fingerprint density at radius 1 is 0.182 bits per heavy atom. The highest BCUT2D eigenvalue weighted by atomic mass is 32.2. The average molecular weight is 1020 g/mol. The molecular weight excluding hydrogens is 985 g/mol. The molecule has 24 heteroatoms. The molecule has 6 N–H and O–H groups in total. The van der Waals surface area contributed by atoms with E-state index in [9.17, 15) is 77.8 Å². The van der Waals surface area contributed by atoms with Gasteiger partial charge in [-0.2, -0.15) is 50.5 Å². The minimum Gasteiger partial charge on any atom is -0.282 e. The summed E-state index contributed by atoms with van der Waals surface area (Å²) in [6.45, 7) is 0. The maximum Gasteiger partial charge on any atom is 0.294 e. The summed E-state index contributed by atoms with van der Waals surface area (Å²) in [4.78, 5) is -3.41. The summed E-state index contributed by atoms with van der Waals surface area (Å²) in [5, 5.41) is 0. The van der Waals surface area contributed by atoms with Crippen molar-refractivity contribution < 1.29 is 77.8 Å². The van der Waals surface area contributed by atoms with Gasteiger partial charge in [0.2, 0.25) is 0 Å². The summed E-state index contributed by atoms with van der Waals surface area (Å²) in [5.74, 6) is 0. The zero-order valence-electron chi connectivity index (χ0n) is 32.9. The van der Waals surface area contributed by atoms with Crippen molar-refractivity contribution in [3.05, 3.63) is 146 Å². The zero-order chi connectivity index (χ0) is 48.4. The fraction of sp³-hybridized carbons (Fsp3) is 0. The summed E-state index contributed by atoms with van der Waals surface area (Å²) in [5.41, 5.74) is 1.18. The lowest BCUT2D eigenvalue weighted by molar-refractivity contribution is 0.481. The van der Waals surface area contributed by atoms with E-state index in [1.54, 1.807) is 0 Å². The molecule has 0 unspecified atom stereocenters. The SMILES string of the molecule is O=S(=O)(O)c1ccc(-c2c(-c3ccc(S(=O)(=O)O)cc3)c(-c3ccc(S(=O)(=O)O)cc3)c(-c3ccc(S(=O)(=O)O)cc3)c(-c3ccc(S(=O)(=O)O)cc3)c2-c2ccc(S(=O)(=O)O)cc2)cc1. The second-order valence-electron chi connectivity index (χ2n) is 14.2. The Bertz CT molecular complexity index is 3090. The van der Waals surface area contributed by atoms with Crippen LogP contribution in [0.15, 0.2) is 175 Å². The zero-order valence-corrected chi connectivity index (χ0v) is 37.8. The lowest BCUT2D eigenvalue weighted by atomic mass is 9.74. The van der Waals surface area contributed by atoms with Crippen molar-refractivity contribution in [2.75, 3.05) is 0 Å². The highest BCUT2D eigenvalue weighted by Gasteiger charge is 2.31. The molecule has 7 aromatic carbocycles. The van der Waals surface area contributed by atoms with Crippen LogP contribution in [0.4, 0.5) is 0 Å². The van der Waals surface area contributed by atoms with Gasteiger partial charge in [0.05, 0.1) is 29.4 Å². The van der Waals surface area contributed by atoms with Gasteiger partial charge in [0.25, 0.3) is 60.7 Å². The van der Waals surface area contributed by atoms with Crippen molar-refractivity contribution in [2.45, 2.75) is 29.4 Å². The number of rotatable bonds is 12. The first-order valence-electron chi connectivity index (χ1n) is 18.2. The van der Waals surface area contributed by atoms with Gasteiger partial charge in [-0.3, -0.25) is 27.3 Å². The van der Waals surface area contributed by atoms with Gasteiger partial charge in [-0.05, 0) is 140 Å². The first-order valence-corrected chi connectivity index (χ1v) is 26.9. The minimum absolute atomic E-state index is 0.0807. The van der Waals surface area contributed by atoms with Gasteiger partial charge in [-0.1, -0.05) is 72.8 Å². The van der Waals surface area contributed by atoms with Crippen LogP contribution in [0.2, 0.25) is 0 Å². The molecule has 0 heterocycles. The van der Waals surface area contributed by atoms with Crippen LogP contribution in [-0.4, -0.2) is 77.8 Å². The van der Waals surface area contributed by atoms with E-state index < -0.39 is 90.1 Å². The first kappa shape index (κ1) is 47.9.